The van der Waals surface area contributed by atoms with Gasteiger partial charge in [-0.15, -0.1) is 0 Å². The molecule has 0 spiro atoms. The predicted molar refractivity (Wildman–Crippen MR) is 555 cm³/mol. The molecule has 0 bridgehead atoms. The maximum absolute atomic E-state index is 15.3. The number of nitrogens with one attached hydrogen (secondary N) is 20. The van der Waals surface area contributed by atoms with Crippen LogP contribution in [0.1, 0.15) is 171 Å². The Morgan fingerprint density at radius 1 is 0.450 bits per heavy atom. The van der Waals surface area contributed by atoms with Gasteiger partial charge in [0.25, 0.3) is 0 Å². The van der Waals surface area contributed by atoms with Gasteiger partial charge in [0.05, 0.1) is 31.7 Å². The Balaban J connectivity index is 1.19. The zero-order valence-electron chi connectivity index (χ0n) is 84.8. The molecule has 3 heterocycles. The maximum atomic E-state index is 15.3. The van der Waals surface area contributed by atoms with Crippen LogP contribution in [0.25, 0.3) is 10.9 Å². The van der Waals surface area contributed by atoms with Gasteiger partial charge in [-0.25, -0.2) is 4.98 Å². The third kappa shape index (κ3) is 44.9. The number of hydrogen-bond acceptors (Lipinski definition) is 29. The fraction of sp³-hybridized carbons (Fsp3) is 0.571. The summed E-state index contributed by atoms with van der Waals surface area (Å²) in [4.78, 5) is 267. The van der Waals surface area contributed by atoms with Gasteiger partial charge in [-0.05, 0) is 214 Å². The van der Waals surface area contributed by atoms with E-state index in [1.165, 1.54) is 53.5 Å². The van der Waals surface area contributed by atoms with Crippen molar-refractivity contribution in [2.75, 3.05) is 90.6 Å². The van der Waals surface area contributed by atoms with E-state index in [0.717, 1.165) is 12.8 Å². The highest BCUT2D eigenvalue weighted by atomic mass is 32.2. The Morgan fingerprint density at radius 3 is 1.44 bits per heavy atom. The quantitative estimate of drug-likeness (QED) is 0.00980. The standard InChI is InChI=1S/C98H153N29O21S/c1-58(2)83(96(147)112-55-80(131)114-67(24-9-12-38-99)86(137)118-68(25-10-13-39-100)87(138)117-66(84(104)135)27-17-44-107-43-16-15-41-102)126-95(146)78-29-19-46-127(78)97(148)72(26-11-14-40-101)115-81(132)54-111-85(136)75(50-61-52-110-65-23-8-7-22-64(61)65)123-88(139)69(28-18-45-109-98(105)106)119-92(143)74(48-59-20-5-4-6-21-59)122-93(144)76(51-62-53-108-57-113-62)124-89(140)70(34-35-82(133)134)120-90(141)71(37-47-149-3)121-94(145)77(56-128)125-91(142)73(116-79(130)36-42-103)49-60-30-32-63(129)33-31-60/h4-8,20-23,30-33,52-53,57-58,66-78,83,107,110,128-129H,9-19,24-29,34-51,54-56,99-103H2,1-3H3,(H2,104,135)(H,108,113)(H,111,136)(H,112,147)(H,114,131)(H,115,132)(H,116,130)(H,117,138)(H,118,137)(H,119,143)(H,120,141)(H,121,145)(H,122,144)(H,123,139)(H,124,140)(H,125,142)(H,126,146)(H,133,134)(H4,105,106,109)/t66-,67-,68-,69-,70-,71-,72-,73-,74-,75-,76-,77-,78-,83-/m0/s1. The molecule has 1 aliphatic heterocycles. The molecule has 0 saturated carbocycles. The summed E-state index contributed by atoms with van der Waals surface area (Å²) in [5, 5.41) is 84.1. The highest BCUT2D eigenvalue weighted by Gasteiger charge is 2.42. The van der Waals surface area contributed by atoms with Crippen molar-refractivity contribution in [2.24, 2.45) is 46.1 Å². The average molecular weight is 2110 g/mol. The lowest BCUT2D eigenvalue weighted by molar-refractivity contribution is -0.142. The number of carboxylic acids is 1. The van der Waals surface area contributed by atoms with Crippen LogP contribution in [0.15, 0.2) is 97.6 Å². The van der Waals surface area contributed by atoms with Gasteiger partial charge in [0.2, 0.25) is 100 Å². The Kier molecular flexibility index (Phi) is 56.3. The second-order valence-corrected chi connectivity index (χ2v) is 37.7. The van der Waals surface area contributed by atoms with Crippen molar-refractivity contribution in [2.45, 2.75) is 259 Å². The molecule has 0 radical (unpaired) electrons. The van der Waals surface area contributed by atoms with Crippen LogP contribution < -0.4 is 131 Å². The van der Waals surface area contributed by atoms with E-state index in [9.17, 15) is 87.2 Å². The van der Waals surface area contributed by atoms with Crippen LogP contribution in [0, 0.1) is 11.3 Å². The van der Waals surface area contributed by atoms with Gasteiger partial charge >= 0.3 is 5.97 Å². The number of primary amides is 1. The number of aromatic nitrogens is 3. The lowest BCUT2D eigenvalue weighted by Gasteiger charge is -2.30. The number of likely N-dealkylation sites (tertiary alicyclic amines) is 1. The third-order valence-corrected chi connectivity index (χ3v) is 25.3. The summed E-state index contributed by atoms with van der Waals surface area (Å²) in [6.45, 7) is 3.25. The van der Waals surface area contributed by atoms with Crippen LogP contribution in [0.4, 0.5) is 0 Å². The molecule has 14 atom stereocenters. The van der Waals surface area contributed by atoms with E-state index in [-0.39, 0.29) is 127 Å². The van der Waals surface area contributed by atoms with Crippen LogP contribution >= 0.6 is 11.8 Å². The van der Waals surface area contributed by atoms with Crippen molar-refractivity contribution in [3.8, 4) is 5.75 Å². The number of nitrogens with zero attached hydrogens (tertiary/aromatic N) is 2. The molecule has 51 heteroatoms. The number of carbonyl (C=O) groups excluding carboxylic acids is 17. The summed E-state index contributed by atoms with van der Waals surface area (Å²) >= 11 is 1.25. The zero-order valence-corrected chi connectivity index (χ0v) is 85.6. The number of fused-ring (bicyclic) bond motifs is 1. The number of para-hydroxylation sites is 1. The molecule has 17 amide bonds. The number of aromatic amines is 2. The summed E-state index contributed by atoms with van der Waals surface area (Å²) < 4.78 is 0. The normalized spacial score (nSPS) is 14.8. The lowest BCUT2D eigenvalue weighted by atomic mass is 10.0. The molecule has 1 saturated heterocycles. The number of carboxylic acid groups (broad SMARTS) is 1. The summed E-state index contributed by atoms with van der Waals surface area (Å²) in [6.07, 6.45) is 8.39. The first-order chi connectivity index (χ1) is 71.4. The first-order valence-electron chi connectivity index (χ1n) is 50.5. The number of H-pyrrole nitrogens is 2. The largest absolute Gasteiger partial charge is 0.508 e. The number of aliphatic carboxylic acids is 1. The molecule has 1 aliphatic rings. The fourth-order valence-corrected chi connectivity index (χ4v) is 16.9. The number of guanidine groups is 1. The Labute approximate surface area is 869 Å². The van der Waals surface area contributed by atoms with Crippen molar-refractivity contribution in [3.05, 3.63) is 120 Å². The van der Waals surface area contributed by atoms with E-state index in [4.69, 9.17) is 45.5 Å². The second-order valence-electron chi connectivity index (χ2n) is 36.7. The van der Waals surface area contributed by atoms with Crippen molar-refractivity contribution in [1.29, 1.82) is 5.41 Å². The van der Waals surface area contributed by atoms with E-state index < -0.39 is 242 Å². The van der Waals surface area contributed by atoms with Crippen LogP contribution in [-0.2, 0) is 112 Å². The molecule has 2 aromatic heterocycles. The summed E-state index contributed by atoms with van der Waals surface area (Å²) in [6, 6.07) is 0.749. The number of phenols is 1. The van der Waals surface area contributed by atoms with Gasteiger partial charge in [0.1, 0.15) is 90.3 Å². The van der Waals surface area contributed by atoms with Crippen LogP contribution in [-0.4, -0.2) is 323 Å². The minimum atomic E-state index is -1.79. The Morgan fingerprint density at radius 2 is 0.899 bits per heavy atom. The van der Waals surface area contributed by atoms with Gasteiger partial charge in [-0.2, -0.15) is 11.8 Å². The van der Waals surface area contributed by atoms with E-state index in [1.54, 1.807) is 80.9 Å². The summed E-state index contributed by atoms with van der Waals surface area (Å²) in [5.74, 6) is -17.3. The smallest absolute Gasteiger partial charge is 0.303 e. The third-order valence-electron chi connectivity index (χ3n) is 24.6. The van der Waals surface area contributed by atoms with E-state index >= 15 is 14.4 Å². The number of hydrogen-bond donors (Lipinski definition) is 30. The van der Waals surface area contributed by atoms with Crippen molar-refractivity contribution >= 4 is 135 Å². The van der Waals surface area contributed by atoms with Gasteiger partial charge in [0, 0.05) is 81.5 Å². The van der Waals surface area contributed by atoms with Crippen LogP contribution in [0.3, 0.4) is 0 Å². The zero-order chi connectivity index (χ0) is 109. The number of carbonyl (C=O) groups is 18. The molecule has 0 unspecified atom stereocenters. The molecular formula is C98H153N29O21S. The molecule has 0 aliphatic carbocycles. The predicted octanol–water partition coefficient (Wildman–Crippen LogP) is -5.75. The average Bonchev–Trinajstić information content (AvgIpc) is 1.69. The van der Waals surface area contributed by atoms with Crippen LogP contribution in [0.5, 0.6) is 5.75 Å². The molecular weight excluding hydrogens is 1950 g/mol. The van der Waals surface area contributed by atoms with Gasteiger partial charge in [-0.3, -0.25) is 91.7 Å². The molecule has 37 N–H and O–H groups in total. The second kappa shape index (κ2) is 67.8. The fourth-order valence-electron chi connectivity index (χ4n) is 16.4. The monoisotopic (exact) mass is 2100 g/mol. The number of benzene rings is 3. The first-order valence-corrected chi connectivity index (χ1v) is 51.9. The highest BCUT2D eigenvalue weighted by molar-refractivity contribution is 7.98. The van der Waals surface area contributed by atoms with Gasteiger partial charge in [-0.1, -0.05) is 74.5 Å². The van der Waals surface area contributed by atoms with E-state index in [0.29, 0.717) is 105 Å². The van der Waals surface area contributed by atoms with Crippen LogP contribution in [0.2, 0.25) is 0 Å². The van der Waals surface area contributed by atoms with E-state index in [1.807, 2.05) is 0 Å². The number of amides is 17. The summed E-state index contributed by atoms with van der Waals surface area (Å²) in [7, 11) is 0. The molecule has 1 fully saturated rings. The lowest BCUT2D eigenvalue weighted by Crippen LogP contribution is -2.61. The number of rotatable bonds is 73. The summed E-state index contributed by atoms with van der Waals surface area (Å²) in [5.41, 5.74) is 42.3. The molecule has 6 rings (SSSR count). The van der Waals surface area contributed by atoms with Crippen molar-refractivity contribution in [1.82, 2.24) is 110 Å². The molecule has 822 valence electrons. The Bertz CT molecular complexity index is 5140. The Hall–Kier alpha value is -14.0. The molecule has 149 heavy (non-hydrogen) atoms. The minimum absolute atomic E-state index is 0.00103. The number of aromatic hydroxyl groups is 1. The number of nitrogens with two attached hydrogens (primary N) is 7. The van der Waals surface area contributed by atoms with Crippen molar-refractivity contribution in [3.63, 3.8) is 0 Å². The number of phenolic OH excluding ortho intramolecular Hbond substituents is 1. The number of aliphatic hydroxyl groups excluding tert-OH is 1. The molecule has 50 nitrogen and oxygen atoms in total. The SMILES string of the molecule is CSCC[C@H](NC(=O)[C@H](CO)NC(=O)[C@H](Cc1ccc(O)cc1)NC(=O)CCN)C(=O)N[C@@H](CCC(=O)O)C(=O)N[C@@H](Cc1c[nH]cn1)C(=O)N[C@@H](Cc1ccccc1)C(=O)N[C@@H](CCCNC(=N)N)C(=O)N[C@@H](Cc1c[nH]c2ccccc12)C(=O)NCC(=O)N[C@@H](CCCCN)C(=O)N1CCC[C@H]1C(=O)N[C@H](C(=O)NCC(=O)N[C@@H](CCCCN)C(=O)N[C@@H](CCCCN)C(=O)N[C@@H](CCCNCCCCN)C(N)=O)C(C)C. The maximum Gasteiger partial charge on any atom is 0.303 e. The number of imidazole rings is 1. The van der Waals surface area contributed by atoms with Gasteiger partial charge < -0.3 is 161 Å². The van der Waals surface area contributed by atoms with Gasteiger partial charge in [0.15, 0.2) is 5.96 Å². The van der Waals surface area contributed by atoms with Crippen molar-refractivity contribution < 1.29 is 102 Å². The number of aliphatic hydroxyl groups is 1. The highest BCUT2D eigenvalue weighted by Crippen LogP contribution is 2.24. The van der Waals surface area contributed by atoms with E-state index in [2.05, 4.69) is 105 Å². The number of unbranched alkanes of at least 4 members (excludes halogenated alkanes) is 4. The topological polar surface area (TPSA) is 826 Å². The number of thioether (sulfide) groups is 1. The molecule has 5 aromatic rings. The molecule has 3 aromatic carbocycles. The first kappa shape index (κ1) is 124. The minimum Gasteiger partial charge on any atom is -0.508 e.